The van der Waals surface area contributed by atoms with Crippen molar-refractivity contribution < 1.29 is 22.7 Å². The van der Waals surface area contributed by atoms with Crippen LogP contribution in [0, 0.1) is 0 Å². The molecule has 0 aromatic heterocycles. The van der Waals surface area contributed by atoms with Gasteiger partial charge in [-0.25, -0.2) is 8.42 Å². The van der Waals surface area contributed by atoms with Crippen LogP contribution in [0.3, 0.4) is 0 Å². The molecule has 3 rings (SSSR count). The lowest BCUT2D eigenvalue weighted by Gasteiger charge is -2.20. The molecule has 10 heteroatoms. The number of halogens is 1. The number of hydrogen-bond donors (Lipinski definition) is 1. The summed E-state index contributed by atoms with van der Waals surface area (Å²) < 4.78 is 29.7. The van der Waals surface area contributed by atoms with Crippen LogP contribution in [0.2, 0.25) is 5.02 Å². The van der Waals surface area contributed by atoms with Crippen LogP contribution in [0.15, 0.2) is 58.3 Å². The number of hydrogen-bond acceptors (Lipinski definition) is 6. The monoisotopic (exact) mass is 468 g/mol. The topological polar surface area (TPSA) is 92.8 Å². The maximum absolute atomic E-state index is 12.3. The van der Waals surface area contributed by atoms with E-state index >= 15 is 0 Å². The lowest BCUT2D eigenvalue weighted by atomic mass is 10.2. The van der Waals surface area contributed by atoms with E-state index in [0.717, 1.165) is 20.4 Å². The number of benzene rings is 2. The van der Waals surface area contributed by atoms with Gasteiger partial charge in [-0.3, -0.25) is 9.59 Å². The van der Waals surface area contributed by atoms with Crippen LogP contribution in [0.5, 0.6) is 0 Å². The molecule has 2 aromatic carbocycles. The number of sulfonamides is 1. The molecule has 160 valence electrons. The Bertz CT molecular complexity index is 1030. The summed E-state index contributed by atoms with van der Waals surface area (Å²) in [5.74, 6) is -1.21. The number of carbonyl (C=O) groups is 2. The van der Waals surface area contributed by atoms with Gasteiger partial charge in [-0.05, 0) is 49.2 Å². The molecule has 1 aliphatic rings. The van der Waals surface area contributed by atoms with E-state index < -0.39 is 34.5 Å². The quantitative estimate of drug-likeness (QED) is 0.626. The van der Waals surface area contributed by atoms with Gasteiger partial charge in [0.05, 0.1) is 11.9 Å². The largest absolute Gasteiger partial charge is 0.454 e. The van der Waals surface area contributed by atoms with Crippen LogP contribution in [0.25, 0.3) is 0 Å². The highest BCUT2D eigenvalue weighted by Gasteiger charge is 2.37. The first kappa shape index (κ1) is 22.6. The van der Waals surface area contributed by atoms with Crippen molar-refractivity contribution in [1.82, 2.24) is 4.31 Å². The van der Waals surface area contributed by atoms with Crippen molar-refractivity contribution in [2.24, 2.45) is 0 Å². The smallest absolute Gasteiger partial charge is 0.324 e. The third-order valence-electron chi connectivity index (χ3n) is 4.45. The Morgan fingerprint density at radius 2 is 1.90 bits per heavy atom. The Labute approximate surface area is 184 Å². The average molecular weight is 469 g/mol. The van der Waals surface area contributed by atoms with Gasteiger partial charge in [-0.1, -0.05) is 35.5 Å². The Balaban J connectivity index is 1.59. The van der Waals surface area contributed by atoms with Gasteiger partial charge in [0, 0.05) is 21.4 Å². The van der Waals surface area contributed by atoms with E-state index in [-0.39, 0.29) is 6.54 Å². The second-order valence-corrected chi connectivity index (χ2v) is 10.2. The van der Waals surface area contributed by atoms with Crippen molar-refractivity contribution in [2.45, 2.75) is 28.7 Å². The molecule has 0 spiro atoms. The number of para-hydroxylation sites is 1. The number of esters is 1. The summed E-state index contributed by atoms with van der Waals surface area (Å²) in [6, 6.07) is 13.7. The summed E-state index contributed by atoms with van der Waals surface area (Å²) in [5.41, 5.74) is 0.581. The van der Waals surface area contributed by atoms with E-state index in [9.17, 15) is 18.0 Å². The number of ether oxygens (including phenoxy) is 1. The third-order valence-corrected chi connectivity index (χ3v) is 7.07. The summed E-state index contributed by atoms with van der Waals surface area (Å²) in [6.07, 6.45) is 2.02. The standard InChI is InChI=1S/C20H21ClN2O5S2/c1-30(26,27)23-12-4-6-17(23)20(25)28-13-19(24)22-16-5-2-3-7-18(16)29-15-10-8-14(21)9-11-15/h2-3,5,7-11,17H,4,6,12-13H2,1H3,(H,22,24). The predicted octanol–water partition coefficient (Wildman–Crippen LogP) is 3.40. The van der Waals surface area contributed by atoms with Gasteiger partial charge in [0.15, 0.2) is 6.61 Å². The molecule has 7 nitrogen and oxygen atoms in total. The van der Waals surface area contributed by atoms with Gasteiger partial charge in [-0.2, -0.15) is 4.31 Å². The molecular formula is C20H21ClN2O5S2. The van der Waals surface area contributed by atoms with Gasteiger partial charge >= 0.3 is 5.97 Å². The number of carbonyl (C=O) groups excluding carboxylic acids is 2. The van der Waals surface area contributed by atoms with Crippen LogP contribution >= 0.6 is 23.4 Å². The van der Waals surface area contributed by atoms with Gasteiger partial charge in [-0.15, -0.1) is 0 Å². The fraction of sp³-hybridized carbons (Fsp3) is 0.300. The summed E-state index contributed by atoms with van der Waals surface area (Å²) in [4.78, 5) is 26.4. The molecule has 0 radical (unpaired) electrons. The molecule has 1 amide bonds. The Kier molecular flexibility index (Phi) is 7.41. The van der Waals surface area contributed by atoms with Crippen LogP contribution in [-0.2, 0) is 24.3 Å². The number of rotatable bonds is 7. The molecule has 1 aliphatic heterocycles. The number of anilines is 1. The zero-order chi connectivity index (χ0) is 21.7. The Hall–Kier alpha value is -2.07. The Morgan fingerprint density at radius 3 is 2.60 bits per heavy atom. The molecule has 2 aromatic rings. The first-order valence-corrected chi connectivity index (χ1v) is 12.2. The third kappa shape index (κ3) is 5.98. The minimum absolute atomic E-state index is 0.278. The predicted molar refractivity (Wildman–Crippen MR) is 116 cm³/mol. The minimum Gasteiger partial charge on any atom is -0.454 e. The van der Waals surface area contributed by atoms with Gasteiger partial charge in [0.2, 0.25) is 10.0 Å². The lowest BCUT2D eigenvalue weighted by Crippen LogP contribution is -2.41. The fourth-order valence-corrected chi connectivity index (χ4v) is 5.22. The summed E-state index contributed by atoms with van der Waals surface area (Å²) in [6.45, 7) is -0.215. The van der Waals surface area contributed by atoms with E-state index in [2.05, 4.69) is 5.32 Å². The van der Waals surface area contributed by atoms with Gasteiger partial charge in [0.25, 0.3) is 5.91 Å². The maximum Gasteiger partial charge on any atom is 0.324 e. The zero-order valence-corrected chi connectivity index (χ0v) is 18.6. The van der Waals surface area contributed by atoms with Crippen LogP contribution in [0.4, 0.5) is 5.69 Å². The maximum atomic E-state index is 12.3. The highest BCUT2D eigenvalue weighted by Crippen LogP contribution is 2.33. The average Bonchev–Trinajstić information content (AvgIpc) is 3.20. The first-order chi connectivity index (χ1) is 14.2. The van der Waals surface area contributed by atoms with Crippen LogP contribution in [-0.4, -0.2) is 50.0 Å². The van der Waals surface area contributed by atoms with Crippen molar-refractivity contribution in [3.05, 3.63) is 53.6 Å². The van der Waals surface area contributed by atoms with E-state index in [4.69, 9.17) is 16.3 Å². The molecule has 1 N–H and O–H groups in total. The summed E-state index contributed by atoms with van der Waals surface area (Å²) in [5, 5.41) is 3.37. The molecule has 1 fully saturated rings. The van der Waals surface area contributed by atoms with Crippen LogP contribution < -0.4 is 5.32 Å². The number of amides is 1. The van der Waals surface area contributed by atoms with Gasteiger partial charge in [0.1, 0.15) is 6.04 Å². The summed E-state index contributed by atoms with van der Waals surface area (Å²) >= 11 is 7.37. The minimum atomic E-state index is -3.50. The zero-order valence-electron chi connectivity index (χ0n) is 16.2. The van der Waals surface area contributed by atoms with E-state index in [1.54, 1.807) is 24.3 Å². The molecule has 1 heterocycles. The molecule has 0 saturated carbocycles. The second kappa shape index (κ2) is 9.82. The normalized spacial score (nSPS) is 16.9. The molecule has 0 aliphatic carbocycles. The van der Waals surface area contributed by atoms with Crippen molar-refractivity contribution in [3.63, 3.8) is 0 Å². The van der Waals surface area contributed by atoms with Crippen LogP contribution in [0.1, 0.15) is 12.8 Å². The summed E-state index contributed by atoms with van der Waals surface area (Å²) in [7, 11) is -3.50. The highest BCUT2D eigenvalue weighted by atomic mass is 35.5. The van der Waals surface area contributed by atoms with E-state index in [1.165, 1.54) is 11.8 Å². The van der Waals surface area contributed by atoms with Crippen molar-refractivity contribution in [2.75, 3.05) is 24.7 Å². The molecule has 1 atom stereocenters. The van der Waals surface area contributed by atoms with Gasteiger partial charge < -0.3 is 10.1 Å². The molecule has 30 heavy (non-hydrogen) atoms. The van der Waals surface area contributed by atoms with Crippen molar-refractivity contribution in [3.8, 4) is 0 Å². The molecular weight excluding hydrogens is 448 g/mol. The van der Waals surface area contributed by atoms with E-state index in [1.807, 2.05) is 24.3 Å². The highest BCUT2D eigenvalue weighted by molar-refractivity contribution is 7.99. The van der Waals surface area contributed by atoms with Crippen molar-refractivity contribution >= 4 is 50.9 Å². The SMILES string of the molecule is CS(=O)(=O)N1CCCC1C(=O)OCC(=O)Nc1ccccc1Sc1ccc(Cl)cc1. The number of nitrogens with one attached hydrogen (secondary N) is 1. The first-order valence-electron chi connectivity index (χ1n) is 9.20. The molecule has 1 saturated heterocycles. The van der Waals surface area contributed by atoms with Crippen molar-refractivity contribution in [1.29, 1.82) is 0 Å². The lowest BCUT2D eigenvalue weighted by molar-refractivity contribution is -0.150. The Morgan fingerprint density at radius 1 is 1.20 bits per heavy atom. The van der Waals surface area contributed by atoms with E-state index in [0.29, 0.717) is 23.6 Å². The fourth-order valence-electron chi connectivity index (χ4n) is 3.08. The molecule has 0 bridgehead atoms. The second-order valence-electron chi connectivity index (χ2n) is 6.74. The molecule has 1 unspecified atom stereocenters. The number of nitrogens with zero attached hydrogens (tertiary/aromatic N) is 1.